The summed E-state index contributed by atoms with van der Waals surface area (Å²) in [5.41, 5.74) is 3.14. The second-order valence-corrected chi connectivity index (χ2v) is 6.42. The Labute approximate surface area is 123 Å². The molecule has 0 N–H and O–H groups in total. The van der Waals surface area contributed by atoms with Gasteiger partial charge in [-0.15, -0.1) is 11.3 Å². The lowest BCUT2D eigenvalue weighted by atomic mass is 9.98. The van der Waals surface area contributed by atoms with E-state index < -0.39 is 0 Å². The molecule has 2 aromatic heterocycles. The third kappa shape index (κ3) is 2.68. The van der Waals surface area contributed by atoms with Crippen molar-refractivity contribution in [3.05, 3.63) is 33.7 Å². The van der Waals surface area contributed by atoms with Crippen molar-refractivity contribution in [1.29, 1.82) is 0 Å². The van der Waals surface area contributed by atoms with E-state index in [4.69, 9.17) is 0 Å². The number of thiazole rings is 1. The smallest absolute Gasteiger partial charge is 0.150 e. The zero-order chi connectivity index (χ0) is 14.1. The monoisotopic (exact) mass is 288 g/mol. The summed E-state index contributed by atoms with van der Waals surface area (Å²) < 4.78 is 0. The molecule has 3 heterocycles. The van der Waals surface area contributed by atoms with Gasteiger partial charge in [0.15, 0.2) is 0 Å². The molecular formula is C15H20N4S. The van der Waals surface area contributed by atoms with Gasteiger partial charge >= 0.3 is 0 Å². The number of rotatable bonds is 2. The van der Waals surface area contributed by atoms with Gasteiger partial charge in [0.2, 0.25) is 0 Å². The highest BCUT2D eigenvalue weighted by Gasteiger charge is 2.25. The van der Waals surface area contributed by atoms with Gasteiger partial charge < -0.3 is 4.90 Å². The van der Waals surface area contributed by atoms with E-state index >= 15 is 0 Å². The molecule has 4 nitrogen and oxygen atoms in total. The maximum Gasteiger partial charge on any atom is 0.150 e. The minimum atomic E-state index is 0.532. The van der Waals surface area contributed by atoms with Crippen molar-refractivity contribution in [2.75, 3.05) is 18.0 Å². The Morgan fingerprint density at radius 3 is 2.80 bits per heavy atom. The maximum absolute atomic E-state index is 4.68. The molecule has 1 saturated heterocycles. The van der Waals surface area contributed by atoms with E-state index in [1.165, 1.54) is 17.8 Å². The van der Waals surface area contributed by atoms with Crippen LogP contribution < -0.4 is 4.90 Å². The number of piperidine rings is 1. The molecule has 0 radical (unpaired) electrons. The summed E-state index contributed by atoms with van der Waals surface area (Å²) >= 11 is 1.79. The topological polar surface area (TPSA) is 41.9 Å². The molecule has 0 bridgehead atoms. The maximum atomic E-state index is 4.68. The van der Waals surface area contributed by atoms with Crippen LogP contribution in [-0.2, 0) is 0 Å². The zero-order valence-corrected chi connectivity index (χ0v) is 13.1. The van der Waals surface area contributed by atoms with Gasteiger partial charge in [-0.3, -0.25) is 4.98 Å². The van der Waals surface area contributed by atoms with E-state index in [0.29, 0.717) is 5.92 Å². The highest BCUT2D eigenvalue weighted by molar-refractivity contribution is 7.09. The van der Waals surface area contributed by atoms with Crippen molar-refractivity contribution in [2.24, 2.45) is 0 Å². The lowest BCUT2D eigenvalue weighted by Crippen LogP contribution is -2.35. The van der Waals surface area contributed by atoms with Crippen molar-refractivity contribution in [3.8, 4) is 0 Å². The number of aryl methyl sites for hydroxylation is 3. The minimum absolute atomic E-state index is 0.532. The first-order valence-corrected chi connectivity index (χ1v) is 7.98. The number of nitrogens with zero attached hydrogens (tertiary/aromatic N) is 4. The van der Waals surface area contributed by atoms with Crippen LogP contribution in [-0.4, -0.2) is 28.0 Å². The summed E-state index contributed by atoms with van der Waals surface area (Å²) in [5, 5.41) is 3.41. The fraction of sp³-hybridized carbons (Fsp3) is 0.533. The van der Waals surface area contributed by atoms with Crippen LogP contribution in [0.4, 0.5) is 5.82 Å². The van der Waals surface area contributed by atoms with Crippen molar-refractivity contribution in [3.63, 3.8) is 0 Å². The summed E-state index contributed by atoms with van der Waals surface area (Å²) in [6.45, 7) is 8.18. The molecule has 0 amide bonds. The number of hydrogen-bond acceptors (Lipinski definition) is 5. The van der Waals surface area contributed by atoms with Crippen molar-refractivity contribution >= 4 is 17.2 Å². The summed E-state index contributed by atoms with van der Waals surface area (Å²) in [6.07, 6.45) is 4.25. The molecule has 5 heteroatoms. The average molecular weight is 288 g/mol. The van der Waals surface area contributed by atoms with Gasteiger partial charge in [0.1, 0.15) is 5.82 Å². The summed E-state index contributed by atoms with van der Waals surface area (Å²) in [5.74, 6) is 1.58. The molecule has 1 unspecified atom stereocenters. The van der Waals surface area contributed by atoms with E-state index in [1.807, 2.05) is 20.0 Å². The highest BCUT2D eigenvalue weighted by Crippen LogP contribution is 2.31. The molecule has 2 aromatic rings. The van der Waals surface area contributed by atoms with Gasteiger partial charge in [-0.2, -0.15) is 0 Å². The SMILES string of the molecule is Cc1csc(C2CCCN(c3nc(C)cnc3C)C2)n1. The van der Waals surface area contributed by atoms with E-state index in [2.05, 4.69) is 32.2 Å². The Bertz CT molecular complexity index is 608. The van der Waals surface area contributed by atoms with Crippen LogP contribution in [0.3, 0.4) is 0 Å². The van der Waals surface area contributed by atoms with Gasteiger partial charge in [0.25, 0.3) is 0 Å². The van der Waals surface area contributed by atoms with Crippen LogP contribution in [0.15, 0.2) is 11.6 Å². The van der Waals surface area contributed by atoms with Crippen LogP contribution in [0, 0.1) is 20.8 Å². The fourth-order valence-electron chi connectivity index (χ4n) is 2.76. The molecule has 1 aliphatic heterocycles. The molecular weight excluding hydrogens is 268 g/mol. The molecule has 1 atom stereocenters. The van der Waals surface area contributed by atoms with Crippen LogP contribution in [0.5, 0.6) is 0 Å². The summed E-state index contributed by atoms with van der Waals surface area (Å²) in [6, 6.07) is 0. The molecule has 106 valence electrons. The van der Waals surface area contributed by atoms with Crippen molar-refractivity contribution in [1.82, 2.24) is 15.0 Å². The Kier molecular flexibility index (Phi) is 3.70. The Morgan fingerprint density at radius 2 is 2.05 bits per heavy atom. The first kappa shape index (κ1) is 13.5. The lowest BCUT2D eigenvalue weighted by Gasteiger charge is -2.33. The lowest BCUT2D eigenvalue weighted by molar-refractivity contribution is 0.503. The van der Waals surface area contributed by atoms with Crippen LogP contribution >= 0.6 is 11.3 Å². The predicted octanol–water partition coefficient (Wildman–Crippen LogP) is 3.24. The third-order valence-electron chi connectivity index (χ3n) is 3.76. The van der Waals surface area contributed by atoms with Crippen LogP contribution in [0.25, 0.3) is 0 Å². The summed E-state index contributed by atoms with van der Waals surface area (Å²) in [7, 11) is 0. The van der Waals surface area contributed by atoms with Gasteiger partial charge in [-0.25, -0.2) is 9.97 Å². The van der Waals surface area contributed by atoms with Gasteiger partial charge in [-0.05, 0) is 33.6 Å². The highest BCUT2D eigenvalue weighted by atomic mass is 32.1. The number of hydrogen-bond donors (Lipinski definition) is 0. The normalized spacial score (nSPS) is 19.4. The number of aromatic nitrogens is 3. The third-order valence-corrected chi connectivity index (χ3v) is 4.88. The molecule has 0 saturated carbocycles. The molecule has 0 aromatic carbocycles. The van der Waals surface area contributed by atoms with Crippen molar-refractivity contribution in [2.45, 2.75) is 39.5 Å². The molecule has 0 spiro atoms. The average Bonchev–Trinajstić information content (AvgIpc) is 2.88. The molecule has 0 aliphatic carbocycles. The van der Waals surface area contributed by atoms with Gasteiger partial charge in [0.05, 0.1) is 16.4 Å². The second kappa shape index (κ2) is 5.48. The number of anilines is 1. The fourth-order valence-corrected chi connectivity index (χ4v) is 3.68. The first-order valence-electron chi connectivity index (χ1n) is 7.10. The largest absolute Gasteiger partial charge is 0.354 e. The molecule has 20 heavy (non-hydrogen) atoms. The second-order valence-electron chi connectivity index (χ2n) is 5.53. The van der Waals surface area contributed by atoms with Crippen LogP contribution in [0.1, 0.15) is 40.8 Å². The first-order chi connectivity index (χ1) is 9.63. The van der Waals surface area contributed by atoms with E-state index in [9.17, 15) is 0 Å². The molecule has 3 rings (SSSR count). The van der Waals surface area contributed by atoms with E-state index in [1.54, 1.807) is 11.3 Å². The van der Waals surface area contributed by atoms with Crippen molar-refractivity contribution < 1.29 is 0 Å². The van der Waals surface area contributed by atoms with Gasteiger partial charge in [-0.1, -0.05) is 0 Å². The zero-order valence-electron chi connectivity index (χ0n) is 12.3. The Hall–Kier alpha value is -1.49. The summed E-state index contributed by atoms with van der Waals surface area (Å²) in [4.78, 5) is 16.1. The van der Waals surface area contributed by atoms with E-state index in [-0.39, 0.29) is 0 Å². The van der Waals surface area contributed by atoms with E-state index in [0.717, 1.165) is 36.0 Å². The Balaban J connectivity index is 1.83. The van der Waals surface area contributed by atoms with Crippen LogP contribution in [0.2, 0.25) is 0 Å². The predicted molar refractivity (Wildman–Crippen MR) is 82.5 cm³/mol. The standard InChI is InChI=1S/C15H20N4S/c1-10-7-16-12(3)14(17-10)19-6-4-5-13(8-19)15-18-11(2)9-20-15/h7,9,13H,4-6,8H2,1-3H3. The molecule has 1 aliphatic rings. The van der Waals surface area contributed by atoms with Gasteiger partial charge in [0, 0.05) is 36.3 Å². The molecule has 1 fully saturated rings. The minimum Gasteiger partial charge on any atom is -0.354 e. The quantitative estimate of drug-likeness (QED) is 0.850. The Morgan fingerprint density at radius 1 is 1.20 bits per heavy atom.